The molecular weight excluding hydrogens is 226 g/mol. The Morgan fingerprint density at radius 1 is 1.00 bits per heavy atom. The second kappa shape index (κ2) is 16.1. The molecule has 16 heavy (non-hydrogen) atoms. The van der Waals surface area contributed by atoms with Crippen LogP contribution in [0.15, 0.2) is 38.0 Å². The third kappa shape index (κ3) is 15.2. The molecule has 0 aromatic heterocycles. The SMILES string of the molecule is C=CCO[SiH](OCC=C)OCC=C.N=C=O. The van der Waals surface area contributed by atoms with Crippen LogP contribution in [0.25, 0.3) is 0 Å². The molecule has 0 aromatic rings. The van der Waals surface area contributed by atoms with Gasteiger partial charge in [-0.2, -0.15) is 0 Å². The van der Waals surface area contributed by atoms with E-state index >= 15 is 0 Å². The number of isocyanates is 1. The summed E-state index contributed by atoms with van der Waals surface area (Å²) in [4.78, 5) is 8.35. The molecule has 90 valence electrons. The van der Waals surface area contributed by atoms with Crippen molar-refractivity contribution in [3.63, 3.8) is 0 Å². The summed E-state index contributed by atoms with van der Waals surface area (Å²) in [5.41, 5.74) is 0. The van der Waals surface area contributed by atoms with Gasteiger partial charge in [0.1, 0.15) is 0 Å². The van der Waals surface area contributed by atoms with Crippen LogP contribution in [0, 0.1) is 5.41 Å². The van der Waals surface area contributed by atoms with E-state index < -0.39 is 9.53 Å². The van der Waals surface area contributed by atoms with E-state index in [9.17, 15) is 0 Å². The average molecular weight is 243 g/mol. The van der Waals surface area contributed by atoms with Crippen LogP contribution >= 0.6 is 0 Å². The summed E-state index contributed by atoms with van der Waals surface area (Å²) in [7, 11) is -2.00. The molecule has 1 N–H and O–H groups in total. The van der Waals surface area contributed by atoms with Gasteiger partial charge in [-0.1, -0.05) is 18.2 Å². The summed E-state index contributed by atoms with van der Waals surface area (Å²) in [6, 6.07) is 0. The highest BCUT2D eigenvalue weighted by atomic mass is 28.3. The molecule has 0 rings (SSSR count). The molecule has 0 fully saturated rings. The molecule has 0 amide bonds. The van der Waals surface area contributed by atoms with Crippen LogP contribution in [0.3, 0.4) is 0 Å². The van der Waals surface area contributed by atoms with Gasteiger partial charge in [0, 0.05) is 0 Å². The molecule has 0 aliphatic heterocycles. The van der Waals surface area contributed by atoms with Gasteiger partial charge in [-0.3, -0.25) is 0 Å². The van der Waals surface area contributed by atoms with Gasteiger partial charge < -0.3 is 13.3 Å². The summed E-state index contributed by atoms with van der Waals surface area (Å²) >= 11 is 0. The van der Waals surface area contributed by atoms with E-state index in [2.05, 4.69) is 19.7 Å². The van der Waals surface area contributed by atoms with Crippen molar-refractivity contribution in [2.75, 3.05) is 19.8 Å². The fourth-order valence-corrected chi connectivity index (χ4v) is 1.75. The van der Waals surface area contributed by atoms with Crippen LogP contribution in [-0.4, -0.2) is 35.4 Å². The summed E-state index contributed by atoms with van der Waals surface area (Å²) in [6.45, 7) is 12.0. The van der Waals surface area contributed by atoms with E-state index in [1.54, 1.807) is 18.2 Å². The quantitative estimate of drug-likeness (QED) is 0.286. The number of hydrogen-bond acceptors (Lipinski definition) is 5. The number of nitrogens with one attached hydrogen (secondary N) is 1. The predicted octanol–water partition coefficient (Wildman–Crippen LogP) is 1.21. The lowest BCUT2D eigenvalue weighted by Crippen LogP contribution is -2.27. The van der Waals surface area contributed by atoms with Crippen LogP contribution in [0.2, 0.25) is 0 Å². The Balaban J connectivity index is 0. The van der Waals surface area contributed by atoms with Crippen LogP contribution in [0.1, 0.15) is 0 Å². The van der Waals surface area contributed by atoms with Crippen molar-refractivity contribution in [1.82, 2.24) is 0 Å². The zero-order chi connectivity index (χ0) is 12.6. The Labute approximate surface area is 97.5 Å². The Morgan fingerprint density at radius 3 is 1.44 bits per heavy atom. The van der Waals surface area contributed by atoms with E-state index in [1.807, 2.05) is 0 Å². The molecule has 0 aliphatic carbocycles. The highest BCUT2D eigenvalue weighted by Crippen LogP contribution is 1.93. The molecule has 0 spiro atoms. The molecule has 5 nitrogen and oxygen atoms in total. The maximum atomic E-state index is 8.35. The Morgan fingerprint density at radius 2 is 1.25 bits per heavy atom. The predicted molar refractivity (Wildman–Crippen MR) is 64.0 cm³/mol. The highest BCUT2D eigenvalue weighted by molar-refractivity contribution is 6.36. The molecular formula is C10H17NO4Si. The fraction of sp³-hybridized carbons (Fsp3) is 0.300. The maximum Gasteiger partial charge on any atom is 0.485 e. The number of carbonyl (C=O) groups excluding carboxylic acids is 1. The van der Waals surface area contributed by atoms with Gasteiger partial charge in [0.15, 0.2) is 0 Å². The largest absolute Gasteiger partial charge is 0.485 e. The standard InChI is InChI=1S/C9H16O3Si.CHNO/c1-4-7-10-13(11-8-5-2)12-9-6-3;2-1-3/h4-6,13H,1-3,7-9H2;2H. The minimum atomic E-state index is -2.00. The van der Waals surface area contributed by atoms with Gasteiger partial charge in [-0.25, -0.2) is 10.2 Å². The second-order valence-electron chi connectivity index (χ2n) is 2.26. The first-order valence-corrected chi connectivity index (χ1v) is 5.89. The minimum Gasteiger partial charge on any atom is -0.372 e. The van der Waals surface area contributed by atoms with Crippen molar-refractivity contribution < 1.29 is 18.1 Å². The normalized spacial score (nSPS) is 8.56. The molecule has 0 radical (unpaired) electrons. The van der Waals surface area contributed by atoms with Crippen molar-refractivity contribution >= 4 is 15.6 Å². The van der Waals surface area contributed by atoms with Gasteiger partial charge in [-0.15, -0.1) is 19.7 Å². The van der Waals surface area contributed by atoms with Gasteiger partial charge in [0.05, 0.1) is 19.8 Å². The maximum absolute atomic E-state index is 8.35. The van der Waals surface area contributed by atoms with E-state index in [1.165, 1.54) is 0 Å². The third-order valence-corrected chi connectivity index (χ3v) is 2.44. The molecule has 6 heteroatoms. The van der Waals surface area contributed by atoms with Gasteiger partial charge in [0.2, 0.25) is 6.08 Å². The Bertz CT molecular complexity index is 198. The molecule has 0 saturated carbocycles. The van der Waals surface area contributed by atoms with Crippen molar-refractivity contribution in [2.24, 2.45) is 0 Å². The lowest BCUT2D eigenvalue weighted by Gasteiger charge is -2.13. The first-order valence-electron chi connectivity index (χ1n) is 4.48. The molecule has 0 saturated heterocycles. The molecule has 0 bridgehead atoms. The van der Waals surface area contributed by atoms with E-state index in [-0.39, 0.29) is 0 Å². The van der Waals surface area contributed by atoms with Crippen molar-refractivity contribution in [3.05, 3.63) is 38.0 Å². The summed E-state index contributed by atoms with van der Waals surface area (Å²) < 4.78 is 15.8. The van der Waals surface area contributed by atoms with Gasteiger partial charge >= 0.3 is 9.53 Å². The third-order valence-electron chi connectivity index (χ3n) is 1.05. The summed E-state index contributed by atoms with van der Waals surface area (Å²) in [6.07, 6.45) is 5.73. The first kappa shape index (κ1) is 17.1. The first-order chi connectivity index (χ1) is 7.76. The van der Waals surface area contributed by atoms with Crippen molar-refractivity contribution in [1.29, 1.82) is 5.41 Å². The van der Waals surface area contributed by atoms with Crippen molar-refractivity contribution in [3.8, 4) is 0 Å². The molecule has 0 atom stereocenters. The zero-order valence-corrected chi connectivity index (χ0v) is 10.3. The molecule has 0 aliphatic rings. The van der Waals surface area contributed by atoms with Crippen LogP contribution in [0.5, 0.6) is 0 Å². The monoisotopic (exact) mass is 243 g/mol. The number of rotatable bonds is 9. The van der Waals surface area contributed by atoms with Crippen molar-refractivity contribution in [2.45, 2.75) is 0 Å². The number of hydrogen-bond donors (Lipinski definition) is 1. The summed E-state index contributed by atoms with van der Waals surface area (Å²) in [5.74, 6) is 0. The highest BCUT2D eigenvalue weighted by Gasteiger charge is 2.12. The molecule has 0 unspecified atom stereocenters. The zero-order valence-electron chi connectivity index (χ0n) is 9.19. The smallest absolute Gasteiger partial charge is 0.372 e. The summed E-state index contributed by atoms with van der Waals surface area (Å²) in [5, 5.41) is 5.40. The van der Waals surface area contributed by atoms with Crippen LogP contribution in [0.4, 0.5) is 0 Å². The second-order valence-corrected chi connectivity index (χ2v) is 3.83. The van der Waals surface area contributed by atoms with Gasteiger partial charge in [0.25, 0.3) is 0 Å². The Hall–Kier alpha value is -1.30. The van der Waals surface area contributed by atoms with Crippen LogP contribution in [-0.2, 0) is 18.1 Å². The van der Waals surface area contributed by atoms with E-state index in [0.29, 0.717) is 19.8 Å². The molecule has 0 heterocycles. The molecule has 0 aromatic carbocycles. The minimum absolute atomic E-state index is 0.450. The van der Waals surface area contributed by atoms with Crippen LogP contribution < -0.4 is 0 Å². The van der Waals surface area contributed by atoms with E-state index in [4.69, 9.17) is 23.5 Å². The average Bonchev–Trinajstić information content (AvgIpc) is 2.29. The Kier molecular flexibility index (Phi) is 17.3. The topological polar surface area (TPSA) is 68.6 Å². The fourth-order valence-electron chi connectivity index (χ4n) is 0.584. The lowest BCUT2D eigenvalue weighted by atomic mass is 10.7. The van der Waals surface area contributed by atoms with E-state index in [0.717, 1.165) is 6.08 Å². The van der Waals surface area contributed by atoms with Gasteiger partial charge in [-0.05, 0) is 0 Å². The lowest BCUT2D eigenvalue weighted by molar-refractivity contribution is 0.123.